The van der Waals surface area contributed by atoms with E-state index in [1.54, 1.807) is 18.2 Å². The van der Waals surface area contributed by atoms with Gasteiger partial charge < -0.3 is 5.32 Å². The zero-order chi connectivity index (χ0) is 13.1. The number of pyridine rings is 1. The van der Waals surface area contributed by atoms with Gasteiger partial charge in [0.2, 0.25) is 0 Å². The molecule has 1 aromatic carbocycles. The molecule has 1 amide bonds. The minimum Gasteiger partial charge on any atom is -0.305 e. The maximum Gasteiger partial charge on any atom is 0.258 e. The minimum atomic E-state index is -0.391. The molecule has 0 fully saturated rings. The molecule has 0 unspecified atom stereocenters. The fourth-order valence-electron chi connectivity index (χ4n) is 1.33. The van der Waals surface area contributed by atoms with E-state index in [0.29, 0.717) is 15.6 Å². The van der Waals surface area contributed by atoms with Crippen LogP contribution in [0.25, 0.3) is 0 Å². The highest BCUT2D eigenvalue weighted by Gasteiger charge is 2.12. The van der Waals surface area contributed by atoms with Gasteiger partial charge in [0, 0.05) is 11.2 Å². The maximum absolute atomic E-state index is 12.0. The predicted octanol–water partition coefficient (Wildman–Crippen LogP) is 4.29. The fourth-order valence-corrected chi connectivity index (χ4v) is 1.99. The second-order valence-corrected chi connectivity index (χ2v) is 4.66. The zero-order valence-electron chi connectivity index (χ0n) is 8.95. The summed E-state index contributed by atoms with van der Waals surface area (Å²) >= 11 is 17.6. The van der Waals surface area contributed by atoms with Crippen molar-refractivity contribution in [2.24, 2.45) is 0 Å². The molecular weight excluding hydrogens is 295 g/mol. The first-order chi connectivity index (χ1) is 8.58. The number of carbonyl (C=O) groups excluding carboxylic acids is 1. The number of amides is 1. The zero-order valence-corrected chi connectivity index (χ0v) is 11.2. The van der Waals surface area contributed by atoms with Crippen molar-refractivity contribution >= 4 is 46.5 Å². The molecule has 1 N–H and O–H groups in total. The van der Waals surface area contributed by atoms with E-state index in [1.165, 1.54) is 18.3 Å². The third-order valence-electron chi connectivity index (χ3n) is 2.17. The molecule has 1 heterocycles. The highest BCUT2D eigenvalue weighted by molar-refractivity contribution is 6.37. The number of aromatic nitrogens is 1. The summed E-state index contributed by atoms with van der Waals surface area (Å²) < 4.78 is 0. The van der Waals surface area contributed by atoms with E-state index in [2.05, 4.69) is 10.3 Å². The summed E-state index contributed by atoms with van der Waals surface area (Å²) in [6, 6.07) is 7.93. The Morgan fingerprint density at radius 2 is 1.89 bits per heavy atom. The summed E-state index contributed by atoms with van der Waals surface area (Å²) in [6.07, 6.45) is 1.53. The van der Waals surface area contributed by atoms with Crippen molar-refractivity contribution in [3.63, 3.8) is 0 Å². The first-order valence-corrected chi connectivity index (χ1v) is 6.08. The molecule has 0 aliphatic heterocycles. The summed E-state index contributed by atoms with van der Waals surface area (Å²) in [5.74, 6) is -0.104. The van der Waals surface area contributed by atoms with E-state index in [0.717, 1.165) is 0 Å². The van der Waals surface area contributed by atoms with Crippen LogP contribution in [-0.2, 0) is 0 Å². The molecule has 0 aliphatic carbocycles. The van der Waals surface area contributed by atoms with Crippen LogP contribution in [0.3, 0.4) is 0 Å². The van der Waals surface area contributed by atoms with E-state index in [4.69, 9.17) is 34.8 Å². The smallest absolute Gasteiger partial charge is 0.258 e. The number of rotatable bonds is 2. The number of hydrogen-bond acceptors (Lipinski definition) is 2. The van der Waals surface area contributed by atoms with Crippen molar-refractivity contribution in [3.05, 3.63) is 57.2 Å². The van der Waals surface area contributed by atoms with Crippen molar-refractivity contribution in [1.29, 1.82) is 0 Å². The fraction of sp³-hybridized carbons (Fsp3) is 0. The van der Waals surface area contributed by atoms with Gasteiger partial charge in [-0.2, -0.15) is 0 Å². The largest absolute Gasteiger partial charge is 0.305 e. The van der Waals surface area contributed by atoms with Crippen LogP contribution in [0.4, 0.5) is 5.82 Å². The first-order valence-electron chi connectivity index (χ1n) is 4.95. The number of nitrogens with one attached hydrogen (secondary N) is 1. The third-order valence-corrected chi connectivity index (χ3v) is 3.02. The number of benzene rings is 1. The molecule has 0 spiro atoms. The van der Waals surface area contributed by atoms with Gasteiger partial charge in [-0.3, -0.25) is 4.79 Å². The van der Waals surface area contributed by atoms with Crippen molar-refractivity contribution in [2.75, 3.05) is 5.32 Å². The highest BCUT2D eigenvalue weighted by Crippen LogP contribution is 2.23. The molecule has 0 aliphatic rings. The molecule has 6 heteroatoms. The van der Waals surface area contributed by atoms with Crippen LogP contribution >= 0.6 is 34.8 Å². The van der Waals surface area contributed by atoms with Gasteiger partial charge in [-0.05, 0) is 30.3 Å². The molecule has 1 aromatic heterocycles. The number of hydrogen-bond donors (Lipinski definition) is 1. The van der Waals surface area contributed by atoms with Gasteiger partial charge in [-0.25, -0.2) is 4.98 Å². The van der Waals surface area contributed by atoms with Crippen LogP contribution in [0.15, 0.2) is 36.5 Å². The Labute approximate surface area is 119 Å². The van der Waals surface area contributed by atoms with Gasteiger partial charge in [0.25, 0.3) is 5.91 Å². The van der Waals surface area contributed by atoms with Crippen LogP contribution in [0.5, 0.6) is 0 Å². The highest BCUT2D eigenvalue weighted by atomic mass is 35.5. The summed E-state index contributed by atoms with van der Waals surface area (Å²) in [5.41, 5.74) is 0.308. The summed E-state index contributed by atoms with van der Waals surface area (Å²) in [4.78, 5) is 15.9. The number of halogens is 3. The maximum atomic E-state index is 12.0. The Hall–Kier alpha value is -1.29. The summed E-state index contributed by atoms with van der Waals surface area (Å²) in [7, 11) is 0. The molecule has 0 saturated carbocycles. The lowest BCUT2D eigenvalue weighted by Crippen LogP contribution is -2.13. The molecule has 3 nitrogen and oxygen atoms in total. The van der Waals surface area contributed by atoms with Crippen molar-refractivity contribution < 1.29 is 4.79 Å². The summed E-state index contributed by atoms with van der Waals surface area (Å²) in [5, 5.41) is 3.67. The Morgan fingerprint density at radius 1 is 1.11 bits per heavy atom. The van der Waals surface area contributed by atoms with Crippen LogP contribution in [-0.4, -0.2) is 10.9 Å². The van der Waals surface area contributed by atoms with E-state index in [-0.39, 0.29) is 10.8 Å². The van der Waals surface area contributed by atoms with Crippen molar-refractivity contribution in [2.45, 2.75) is 0 Å². The van der Waals surface area contributed by atoms with E-state index in [9.17, 15) is 4.79 Å². The van der Waals surface area contributed by atoms with Gasteiger partial charge in [0.15, 0.2) is 5.82 Å². The van der Waals surface area contributed by atoms with Gasteiger partial charge in [-0.15, -0.1) is 0 Å². The number of anilines is 1. The van der Waals surface area contributed by atoms with Crippen LogP contribution < -0.4 is 5.32 Å². The van der Waals surface area contributed by atoms with E-state index < -0.39 is 5.91 Å². The Morgan fingerprint density at radius 3 is 2.56 bits per heavy atom. The lowest BCUT2D eigenvalue weighted by Gasteiger charge is -2.07. The predicted molar refractivity (Wildman–Crippen MR) is 73.7 cm³/mol. The molecule has 0 atom stereocenters. The molecule has 2 aromatic rings. The minimum absolute atomic E-state index is 0.270. The molecule has 18 heavy (non-hydrogen) atoms. The number of carbonyl (C=O) groups is 1. The molecular formula is C12H7Cl3N2O. The Kier molecular flexibility index (Phi) is 4.07. The van der Waals surface area contributed by atoms with Crippen LogP contribution in [0.2, 0.25) is 15.1 Å². The lowest BCUT2D eigenvalue weighted by molar-refractivity contribution is 0.102. The molecule has 0 radical (unpaired) electrons. The van der Waals surface area contributed by atoms with Crippen molar-refractivity contribution in [1.82, 2.24) is 4.98 Å². The Bertz CT molecular complexity index is 602. The monoisotopic (exact) mass is 300 g/mol. The second-order valence-electron chi connectivity index (χ2n) is 3.41. The lowest BCUT2D eigenvalue weighted by atomic mass is 10.2. The second kappa shape index (κ2) is 5.57. The van der Waals surface area contributed by atoms with Crippen LogP contribution in [0.1, 0.15) is 10.4 Å². The third kappa shape index (κ3) is 2.93. The normalized spacial score (nSPS) is 10.2. The van der Waals surface area contributed by atoms with Gasteiger partial charge >= 0.3 is 0 Å². The average molecular weight is 302 g/mol. The van der Waals surface area contributed by atoms with Crippen LogP contribution in [0, 0.1) is 0 Å². The SMILES string of the molecule is O=C(Nc1ncccc1Cl)c1ccc(Cl)cc1Cl. The van der Waals surface area contributed by atoms with Crippen molar-refractivity contribution in [3.8, 4) is 0 Å². The molecule has 92 valence electrons. The average Bonchev–Trinajstić information content (AvgIpc) is 2.32. The quantitative estimate of drug-likeness (QED) is 0.899. The topological polar surface area (TPSA) is 42.0 Å². The van der Waals surface area contributed by atoms with Gasteiger partial charge in [0.05, 0.1) is 15.6 Å². The summed E-state index contributed by atoms with van der Waals surface area (Å²) in [6.45, 7) is 0. The number of nitrogens with zero attached hydrogens (tertiary/aromatic N) is 1. The molecule has 0 bridgehead atoms. The molecule has 2 rings (SSSR count). The Balaban J connectivity index is 2.25. The van der Waals surface area contributed by atoms with Gasteiger partial charge in [0.1, 0.15) is 0 Å². The molecule has 0 saturated heterocycles. The van der Waals surface area contributed by atoms with E-state index >= 15 is 0 Å². The first kappa shape index (κ1) is 13.1. The van der Waals surface area contributed by atoms with E-state index in [1.807, 2.05) is 0 Å². The standard InChI is InChI=1S/C12H7Cl3N2O/c13-7-3-4-8(10(15)6-7)12(18)17-11-9(14)2-1-5-16-11/h1-6H,(H,16,17,18). The van der Waals surface area contributed by atoms with Gasteiger partial charge in [-0.1, -0.05) is 34.8 Å².